The lowest BCUT2D eigenvalue weighted by Gasteiger charge is -2.12. The molecule has 20 heavy (non-hydrogen) atoms. The van der Waals surface area contributed by atoms with Gasteiger partial charge in [0.15, 0.2) is 11.5 Å². The standard InChI is InChI=1S/C14H16N2O3S/c17-14-16-11(9-20-14)8-15-7-10-3-1-4-12-13(10)19-6-2-5-18-12/h1,3-4,9,15H,2,5-8H2,(H,16,17). The number of ether oxygens (including phenoxy) is 2. The first kappa shape index (κ1) is 13.2. The van der Waals surface area contributed by atoms with Gasteiger partial charge in [-0.1, -0.05) is 23.5 Å². The van der Waals surface area contributed by atoms with Crippen molar-refractivity contribution in [3.63, 3.8) is 0 Å². The fourth-order valence-corrected chi connectivity index (χ4v) is 2.71. The van der Waals surface area contributed by atoms with Crippen molar-refractivity contribution >= 4 is 11.3 Å². The summed E-state index contributed by atoms with van der Waals surface area (Å²) >= 11 is 1.18. The zero-order valence-electron chi connectivity index (χ0n) is 11.0. The Hall–Kier alpha value is -1.79. The van der Waals surface area contributed by atoms with Crippen LogP contribution in [0.3, 0.4) is 0 Å². The molecule has 0 amide bonds. The Labute approximate surface area is 120 Å². The molecule has 5 nitrogen and oxygen atoms in total. The number of thiazole rings is 1. The van der Waals surface area contributed by atoms with Crippen LogP contribution in [0.15, 0.2) is 28.4 Å². The fourth-order valence-electron chi connectivity index (χ4n) is 2.13. The van der Waals surface area contributed by atoms with Crippen LogP contribution in [-0.4, -0.2) is 18.2 Å². The monoisotopic (exact) mass is 292 g/mol. The van der Waals surface area contributed by atoms with Crippen LogP contribution in [0.2, 0.25) is 0 Å². The number of benzene rings is 1. The molecule has 6 heteroatoms. The molecule has 0 fully saturated rings. The largest absolute Gasteiger partial charge is 0.490 e. The Morgan fingerprint density at radius 3 is 3.00 bits per heavy atom. The highest BCUT2D eigenvalue weighted by molar-refractivity contribution is 7.07. The second-order valence-electron chi connectivity index (χ2n) is 4.57. The van der Waals surface area contributed by atoms with Crippen molar-refractivity contribution in [2.24, 2.45) is 0 Å². The lowest BCUT2D eigenvalue weighted by Crippen LogP contribution is -2.14. The maximum absolute atomic E-state index is 11.1. The van der Waals surface area contributed by atoms with Crippen LogP contribution in [-0.2, 0) is 13.1 Å². The first-order chi connectivity index (χ1) is 9.83. The minimum absolute atomic E-state index is 0.0212. The number of rotatable bonds is 4. The molecule has 2 N–H and O–H groups in total. The average Bonchev–Trinajstić information content (AvgIpc) is 2.73. The molecule has 0 unspecified atom stereocenters. The van der Waals surface area contributed by atoms with E-state index in [0.29, 0.717) is 26.3 Å². The Morgan fingerprint density at radius 2 is 2.15 bits per heavy atom. The van der Waals surface area contributed by atoms with E-state index in [4.69, 9.17) is 9.47 Å². The SMILES string of the molecule is O=c1[nH]c(CNCc2cccc3c2OCCCO3)cs1. The van der Waals surface area contributed by atoms with Gasteiger partial charge in [0.1, 0.15) is 0 Å². The number of aromatic nitrogens is 1. The number of H-pyrrole nitrogens is 1. The van der Waals surface area contributed by atoms with Crippen LogP contribution in [0.1, 0.15) is 17.7 Å². The van der Waals surface area contributed by atoms with Crippen molar-refractivity contribution < 1.29 is 9.47 Å². The number of nitrogens with one attached hydrogen (secondary N) is 2. The molecule has 0 saturated heterocycles. The highest BCUT2D eigenvalue weighted by atomic mass is 32.1. The molecule has 1 aromatic carbocycles. The van der Waals surface area contributed by atoms with Crippen molar-refractivity contribution in [3.8, 4) is 11.5 Å². The van der Waals surface area contributed by atoms with E-state index in [1.165, 1.54) is 11.3 Å². The molecule has 1 aliphatic heterocycles. The van der Waals surface area contributed by atoms with Crippen LogP contribution < -0.4 is 19.7 Å². The van der Waals surface area contributed by atoms with Crippen LogP contribution in [0.4, 0.5) is 0 Å². The van der Waals surface area contributed by atoms with Gasteiger partial charge >= 0.3 is 4.87 Å². The van der Waals surface area contributed by atoms with Gasteiger partial charge in [0, 0.05) is 36.1 Å². The second kappa shape index (κ2) is 6.11. The summed E-state index contributed by atoms with van der Waals surface area (Å²) in [5.74, 6) is 1.64. The van der Waals surface area contributed by atoms with Gasteiger partial charge in [-0.15, -0.1) is 0 Å². The summed E-state index contributed by atoms with van der Waals surface area (Å²) in [6.07, 6.45) is 0.900. The molecule has 1 aromatic heterocycles. The summed E-state index contributed by atoms with van der Waals surface area (Å²) < 4.78 is 11.4. The van der Waals surface area contributed by atoms with Crippen LogP contribution in [0, 0.1) is 0 Å². The molecule has 106 valence electrons. The van der Waals surface area contributed by atoms with E-state index in [1.807, 2.05) is 23.6 Å². The Kier molecular flexibility index (Phi) is 4.03. The molecule has 1 aliphatic rings. The summed E-state index contributed by atoms with van der Waals surface area (Å²) in [6, 6.07) is 5.92. The molecule has 0 saturated carbocycles. The molecule has 0 radical (unpaired) electrons. The van der Waals surface area contributed by atoms with Crippen molar-refractivity contribution in [3.05, 3.63) is 44.5 Å². The van der Waals surface area contributed by atoms with Gasteiger partial charge in [-0.3, -0.25) is 4.79 Å². The smallest absolute Gasteiger partial charge is 0.304 e. The van der Waals surface area contributed by atoms with Crippen LogP contribution in [0.25, 0.3) is 0 Å². The zero-order chi connectivity index (χ0) is 13.8. The van der Waals surface area contributed by atoms with Gasteiger partial charge in [-0.05, 0) is 6.07 Å². The Bertz CT molecular complexity index is 635. The summed E-state index contributed by atoms with van der Waals surface area (Å²) in [7, 11) is 0. The lowest BCUT2D eigenvalue weighted by molar-refractivity contribution is 0.296. The third-order valence-electron chi connectivity index (χ3n) is 3.05. The maximum atomic E-state index is 11.1. The van der Waals surface area contributed by atoms with E-state index in [-0.39, 0.29) is 4.87 Å². The van der Waals surface area contributed by atoms with Crippen molar-refractivity contribution in [2.75, 3.05) is 13.2 Å². The highest BCUT2D eigenvalue weighted by Gasteiger charge is 2.13. The second-order valence-corrected chi connectivity index (χ2v) is 5.41. The normalized spacial score (nSPS) is 14.0. The first-order valence-electron chi connectivity index (χ1n) is 6.58. The Morgan fingerprint density at radius 1 is 1.25 bits per heavy atom. The highest BCUT2D eigenvalue weighted by Crippen LogP contribution is 2.33. The quantitative estimate of drug-likeness (QED) is 0.903. The van der Waals surface area contributed by atoms with Gasteiger partial charge in [0.2, 0.25) is 0 Å². The van der Waals surface area contributed by atoms with E-state index in [2.05, 4.69) is 10.3 Å². The molecule has 0 aliphatic carbocycles. The molecule has 0 bridgehead atoms. The predicted molar refractivity (Wildman–Crippen MR) is 77.5 cm³/mol. The summed E-state index contributed by atoms with van der Waals surface area (Å²) in [5.41, 5.74) is 1.97. The number of para-hydroxylation sites is 1. The van der Waals surface area contributed by atoms with Crippen molar-refractivity contribution in [1.82, 2.24) is 10.3 Å². The molecular weight excluding hydrogens is 276 g/mol. The first-order valence-corrected chi connectivity index (χ1v) is 7.46. The molecule has 2 aromatic rings. The van der Waals surface area contributed by atoms with E-state index in [0.717, 1.165) is 29.2 Å². The molecule has 3 rings (SSSR count). The summed E-state index contributed by atoms with van der Waals surface area (Å²) in [4.78, 5) is 13.8. The van der Waals surface area contributed by atoms with Gasteiger partial charge in [-0.2, -0.15) is 0 Å². The van der Waals surface area contributed by atoms with Crippen LogP contribution >= 0.6 is 11.3 Å². The molecular formula is C14H16N2O3S. The van der Waals surface area contributed by atoms with E-state index in [9.17, 15) is 4.79 Å². The molecule has 0 spiro atoms. The minimum Gasteiger partial charge on any atom is -0.490 e. The number of aromatic amines is 1. The van der Waals surface area contributed by atoms with E-state index < -0.39 is 0 Å². The van der Waals surface area contributed by atoms with E-state index >= 15 is 0 Å². The van der Waals surface area contributed by atoms with E-state index in [1.54, 1.807) is 0 Å². The summed E-state index contributed by atoms with van der Waals surface area (Å²) in [6.45, 7) is 2.68. The predicted octanol–water partition coefficient (Wildman–Crippen LogP) is 1.89. The van der Waals surface area contributed by atoms with Crippen LogP contribution in [0.5, 0.6) is 11.5 Å². The Balaban J connectivity index is 1.66. The minimum atomic E-state index is -0.0212. The number of hydrogen-bond acceptors (Lipinski definition) is 5. The number of hydrogen-bond donors (Lipinski definition) is 2. The van der Waals surface area contributed by atoms with Gasteiger partial charge in [0.25, 0.3) is 0 Å². The maximum Gasteiger partial charge on any atom is 0.304 e. The van der Waals surface area contributed by atoms with Gasteiger partial charge in [0.05, 0.1) is 13.2 Å². The van der Waals surface area contributed by atoms with Gasteiger partial charge in [-0.25, -0.2) is 0 Å². The molecule has 0 atom stereocenters. The zero-order valence-corrected chi connectivity index (χ0v) is 11.8. The molecule has 2 heterocycles. The summed E-state index contributed by atoms with van der Waals surface area (Å²) in [5, 5.41) is 5.14. The number of fused-ring (bicyclic) bond motifs is 1. The van der Waals surface area contributed by atoms with Crippen molar-refractivity contribution in [2.45, 2.75) is 19.5 Å². The third-order valence-corrected chi connectivity index (χ3v) is 3.77. The fraction of sp³-hybridized carbons (Fsp3) is 0.357. The van der Waals surface area contributed by atoms with Crippen molar-refractivity contribution in [1.29, 1.82) is 0 Å². The topological polar surface area (TPSA) is 63.4 Å². The average molecular weight is 292 g/mol. The van der Waals surface area contributed by atoms with Gasteiger partial charge < -0.3 is 19.8 Å². The third kappa shape index (κ3) is 3.02. The lowest BCUT2D eigenvalue weighted by atomic mass is 10.2.